The van der Waals surface area contributed by atoms with Gasteiger partial charge in [0.05, 0.1) is 0 Å². The van der Waals surface area contributed by atoms with Gasteiger partial charge in [-0.1, -0.05) is 47.5 Å². The highest BCUT2D eigenvalue weighted by Gasteiger charge is 2.07. The van der Waals surface area contributed by atoms with E-state index in [0.29, 0.717) is 11.6 Å². The van der Waals surface area contributed by atoms with Crippen molar-refractivity contribution in [1.29, 1.82) is 0 Å². The van der Waals surface area contributed by atoms with Crippen LogP contribution in [0.4, 0.5) is 0 Å². The molecule has 0 fully saturated rings. The zero-order chi connectivity index (χ0) is 11.5. The van der Waals surface area contributed by atoms with Crippen LogP contribution in [0, 0.1) is 0 Å². The van der Waals surface area contributed by atoms with Crippen LogP contribution in [0.1, 0.15) is 5.56 Å². The van der Waals surface area contributed by atoms with Gasteiger partial charge in [0, 0.05) is 22.2 Å². The number of hydrogen-bond acceptors (Lipinski definition) is 1. The predicted molar refractivity (Wildman–Crippen MR) is 69.8 cm³/mol. The smallest absolute Gasteiger partial charge is 0.0484 e. The van der Waals surface area contributed by atoms with Gasteiger partial charge in [-0.2, -0.15) is 0 Å². The highest BCUT2D eigenvalue weighted by atomic mass is 35.5. The molecular weight excluding hydrogens is 241 g/mol. The molecule has 3 heteroatoms. The summed E-state index contributed by atoms with van der Waals surface area (Å²) >= 11 is 12.1. The van der Waals surface area contributed by atoms with Crippen molar-refractivity contribution >= 4 is 23.2 Å². The third-order valence-electron chi connectivity index (χ3n) is 2.45. The Morgan fingerprint density at radius 2 is 1.69 bits per heavy atom. The van der Waals surface area contributed by atoms with Crippen molar-refractivity contribution in [2.24, 2.45) is 5.73 Å². The molecule has 0 aliphatic heterocycles. The van der Waals surface area contributed by atoms with Crippen molar-refractivity contribution in [3.8, 4) is 11.1 Å². The van der Waals surface area contributed by atoms with Gasteiger partial charge in [0.25, 0.3) is 0 Å². The summed E-state index contributed by atoms with van der Waals surface area (Å²) in [6.45, 7) is 0.446. The second kappa shape index (κ2) is 4.88. The highest BCUT2D eigenvalue weighted by Crippen LogP contribution is 2.31. The molecule has 0 saturated carbocycles. The minimum Gasteiger partial charge on any atom is -0.326 e. The molecule has 0 amide bonds. The topological polar surface area (TPSA) is 26.0 Å². The second-order valence-corrected chi connectivity index (χ2v) is 4.33. The van der Waals surface area contributed by atoms with Crippen molar-refractivity contribution in [3.05, 3.63) is 58.1 Å². The van der Waals surface area contributed by atoms with Crippen LogP contribution >= 0.6 is 23.2 Å². The fourth-order valence-corrected chi connectivity index (χ4v) is 2.11. The molecule has 0 atom stereocenters. The molecule has 0 heterocycles. The number of benzene rings is 2. The fourth-order valence-electron chi connectivity index (χ4n) is 1.67. The van der Waals surface area contributed by atoms with Gasteiger partial charge in [-0.3, -0.25) is 0 Å². The SMILES string of the molecule is NCc1cc(Cl)ccc1-c1ccccc1Cl. The summed E-state index contributed by atoms with van der Waals surface area (Å²) < 4.78 is 0. The van der Waals surface area contributed by atoms with E-state index in [9.17, 15) is 0 Å². The summed E-state index contributed by atoms with van der Waals surface area (Å²) in [4.78, 5) is 0. The Labute approximate surface area is 105 Å². The van der Waals surface area contributed by atoms with Gasteiger partial charge in [0.2, 0.25) is 0 Å². The van der Waals surface area contributed by atoms with Gasteiger partial charge >= 0.3 is 0 Å². The average Bonchev–Trinajstić information content (AvgIpc) is 2.30. The lowest BCUT2D eigenvalue weighted by molar-refractivity contribution is 1.07. The molecule has 0 unspecified atom stereocenters. The molecule has 0 aliphatic rings. The molecular formula is C13H11Cl2N. The van der Waals surface area contributed by atoms with E-state index in [4.69, 9.17) is 28.9 Å². The van der Waals surface area contributed by atoms with E-state index in [-0.39, 0.29) is 0 Å². The minimum absolute atomic E-state index is 0.446. The molecule has 82 valence electrons. The molecule has 0 spiro atoms. The van der Waals surface area contributed by atoms with Crippen LogP contribution in [0.25, 0.3) is 11.1 Å². The summed E-state index contributed by atoms with van der Waals surface area (Å²) in [6, 6.07) is 13.4. The number of halogens is 2. The van der Waals surface area contributed by atoms with Crippen LogP contribution in [0.5, 0.6) is 0 Å². The number of nitrogens with two attached hydrogens (primary N) is 1. The molecule has 2 aromatic carbocycles. The lowest BCUT2D eigenvalue weighted by Crippen LogP contribution is -1.99. The van der Waals surface area contributed by atoms with Gasteiger partial charge in [-0.05, 0) is 29.3 Å². The van der Waals surface area contributed by atoms with Gasteiger partial charge in [0.1, 0.15) is 0 Å². The Morgan fingerprint density at radius 3 is 2.38 bits per heavy atom. The van der Waals surface area contributed by atoms with Crippen molar-refractivity contribution in [3.63, 3.8) is 0 Å². The van der Waals surface area contributed by atoms with Gasteiger partial charge in [-0.25, -0.2) is 0 Å². The second-order valence-electron chi connectivity index (χ2n) is 3.49. The van der Waals surface area contributed by atoms with E-state index in [1.807, 2.05) is 42.5 Å². The van der Waals surface area contributed by atoms with Crippen LogP contribution in [-0.4, -0.2) is 0 Å². The normalized spacial score (nSPS) is 10.4. The maximum absolute atomic E-state index is 6.15. The van der Waals surface area contributed by atoms with Crippen LogP contribution in [-0.2, 0) is 6.54 Å². The summed E-state index contributed by atoms with van der Waals surface area (Å²) in [5.74, 6) is 0. The van der Waals surface area contributed by atoms with E-state index in [1.54, 1.807) is 0 Å². The van der Waals surface area contributed by atoms with Crippen LogP contribution in [0.3, 0.4) is 0 Å². The molecule has 0 saturated heterocycles. The third-order valence-corrected chi connectivity index (χ3v) is 3.02. The number of hydrogen-bond donors (Lipinski definition) is 1. The van der Waals surface area contributed by atoms with Crippen LogP contribution < -0.4 is 5.73 Å². The van der Waals surface area contributed by atoms with Crippen molar-refractivity contribution in [2.45, 2.75) is 6.54 Å². The Balaban J connectivity index is 2.60. The van der Waals surface area contributed by atoms with E-state index >= 15 is 0 Å². The highest BCUT2D eigenvalue weighted by molar-refractivity contribution is 6.33. The first-order chi connectivity index (χ1) is 7.72. The first kappa shape index (κ1) is 11.5. The fraction of sp³-hybridized carbons (Fsp3) is 0.0769. The molecule has 0 aliphatic carbocycles. The Hall–Kier alpha value is -1.02. The third kappa shape index (κ3) is 2.22. The molecule has 16 heavy (non-hydrogen) atoms. The summed E-state index contributed by atoms with van der Waals surface area (Å²) in [7, 11) is 0. The maximum atomic E-state index is 6.15. The Morgan fingerprint density at radius 1 is 0.938 bits per heavy atom. The Kier molecular flexibility index (Phi) is 3.49. The van der Waals surface area contributed by atoms with Crippen molar-refractivity contribution in [1.82, 2.24) is 0 Å². The monoisotopic (exact) mass is 251 g/mol. The largest absolute Gasteiger partial charge is 0.326 e. The Bertz CT molecular complexity index is 509. The van der Waals surface area contributed by atoms with Gasteiger partial charge in [-0.15, -0.1) is 0 Å². The number of rotatable bonds is 2. The quantitative estimate of drug-likeness (QED) is 0.854. The molecule has 0 bridgehead atoms. The summed E-state index contributed by atoms with van der Waals surface area (Å²) in [6.07, 6.45) is 0. The van der Waals surface area contributed by atoms with E-state index < -0.39 is 0 Å². The summed E-state index contributed by atoms with van der Waals surface area (Å²) in [5, 5.41) is 1.41. The van der Waals surface area contributed by atoms with E-state index in [1.165, 1.54) is 0 Å². The van der Waals surface area contributed by atoms with Crippen LogP contribution in [0.2, 0.25) is 10.0 Å². The molecule has 0 radical (unpaired) electrons. The molecule has 0 aromatic heterocycles. The van der Waals surface area contributed by atoms with Gasteiger partial charge < -0.3 is 5.73 Å². The summed E-state index contributed by atoms with van der Waals surface area (Å²) in [5.41, 5.74) is 8.73. The maximum Gasteiger partial charge on any atom is 0.0484 e. The lowest BCUT2D eigenvalue weighted by atomic mass is 10.00. The average molecular weight is 252 g/mol. The molecule has 2 aromatic rings. The first-order valence-corrected chi connectivity index (χ1v) is 5.71. The lowest BCUT2D eigenvalue weighted by Gasteiger charge is -2.10. The van der Waals surface area contributed by atoms with E-state index in [2.05, 4.69) is 0 Å². The standard InChI is InChI=1S/C13H11Cl2N/c14-10-5-6-11(9(7-10)8-16)12-3-1-2-4-13(12)15/h1-7H,8,16H2. The molecule has 2 rings (SSSR count). The molecule has 2 N–H and O–H groups in total. The zero-order valence-electron chi connectivity index (χ0n) is 8.58. The van der Waals surface area contributed by atoms with Crippen molar-refractivity contribution < 1.29 is 0 Å². The van der Waals surface area contributed by atoms with Gasteiger partial charge in [0.15, 0.2) is 0 Å². The first-order valence-electron chi connectivity index (χ1n) is 4.96. The van der Waals surface area contributed by atoms with Crippen LogP contribution in [0.15, 0.2) is 42.5 Å². The predicted octanol–water partition coefficient (Wildman–Crippen LogP) is 4.12. The van der Waals surface area contributed by atoms with E-state index in [0.717, 1.165) is 21.7 Å². The molecule has 1 nitrogen and oxygen atoms in total. The van der Waals surface area contributed by atoms with Crippen molar-refractivity contribution in [2.75, 3.05) is 0 Å². The zero-order valence-corrected chi connectivity index (χ0v) is 10.1. The minimum atomic E-state index is 0.446.